The van der Waals surface area contributed by atoms with Crippen molar-refractivity contribution in [1.82, 2.24) is 4.90 Å². The number of carbonyl (C=O) groups excluding carboxylic acids is 3. The lowest BCUT2D eigenvalue weighted by Gasteiger charge is -2.12. The summed E-state index contributed by atoms with van der Waals surface area (Å²) >= 11 is 0.696. The molecule has 0 aliphatic carbocycles. The van der Waals surface area contributed by atoms with Crippen LogP contribution in [0.1, 0.15) is 21.5 Å². The average molecular weight is 505 g/mol. The van der Waals surface area contributed by atoms with Crippen LogP contribution in [-0.4, -0.2) is 31.9 Å². The molecule has 0 atom stereocenters. The second kappa shape index (κ2) is 10.2. The van der Waals surface area contributed by atoms with E-state index < -0.39 is 27.0 Å². The summed E-state index contributed by atoms with van der Waals surface area (Å²) in [5, 5.41) is 21.4. The van der Waals surface area contributed by atoms with Gasteiger partial charge in [-0.15, -0.1) is 0 Å². The minimum atomic E-state index is -0.730. The summed E-state index contributed by atoms with van der Waals surface area (Å²) in [6.07, 6.45) is 1.45. The Labute approximate surface area is 207 Å². The number of hydrogen-bond donors (Lipinski definition) is 0. The van der Waals surface area contributed by atoms with Crippen LogP contribution in [0.5, 0.6) is 5.75 Å². The van der Waals surface area contributed by atoms with Crippen LogP contribution in [0.4, 0.5) is 16.2 Å². The molecule has 2 amide bonds. The number of imide groups is 1. The molecule has 4 rings (SSSR count). The molecule has 3 aromatic rings. The predicted molar refractivity (Wildman–Crippen MR) is 129 cm³/mol. The molecule has 1 fully saturated rings. The third-order valence-electron chi connectivity index (χ3n) is 5.07. The highest BCUT2D eigenvalue weighted by Crippen LogP contribution is 2.34. The molecule has 0 radical (unpaired) electrons. The number of non-ortho nitro benzene ring substituents is 1. The third kappa shape index (κ3) is 5.28. The molecule has 36 heavy (non-hydrogen) atoms. The molecule has 11 nitrogen and oxygen atoms in total. The number of para-hydroxylation sites is 1. The van der Waals surface area contributed by atoms with Crippen LogP contribution in [0.15, 0.2) is 77.7 Å². The van der Waals surface area contributed by atoms with Gasteiger partial charge >= 0.3 is 5.97 Å². The third-order valence-corrected chi connectivity index (χ3v) is 5.98. The molecule has 0 N–H and O–H groups in total. The zero-order chi connectivity index (χ0) is 25.8. The number of rotatable bonds is 7. The summed E-state index contributed by atoms with van der Waals surface area (Å²) in [7, 11) is 0. The molecule has 0 saturated carbocycles. The van der Waals surface area contributed by atoms with E-state index in [9.17, 15) is 34.6 Å². The first kappa shape index (κ1) is 24.3. The van der Waals surface area contributed by atoms with Crippen molar-refractivity contribution in [2.24, 2.45) is 0 Å². The number of nitrogens with zero attached hydrogens (tertiary/aromatic N) is 3. The average Bonchev–Trinajstić information content (AvgIpc) is 3.11. The number of carbonyl (C=O) groups is 3. The van der Waals surface area contributed by atoms with Gasteiger partial charge in [0, 0.05) is 23.8 Å². The number of hydrogen-bond acceptors (Lipinski definition) is 9. The summed E-state index contributed by atoms with van der Waals surface area (Å²) in [4.78, 5) is 59.5. The van der Waals surface area contributed by atoms with Crippen molar-refractivity contribution in [3.63, 3.8) is 0 Å². The van der Waals surface area contributed by atoms with Gasteiger partial charge in [0.2, 0.25) is 0 Å². The maximum absolute atomic E-state index is 12.8. The van der Waals surface area contributed by atoms with E-state index in [4.69, 9.17) is 4.74 Å². The normalized spacial score (nSPS) is 14.2. The number of nitro benzene ring substituents is 2. The number of amides is 2. The van der Waals surface area contributed by atoms with Crippen LogP contribution in [0, 0.1) is 20.2 Å². The molecule has 1 heterocycles. The van der Waals surface area contributed by atoms with Gasteiger partial charge in [-0.2, -0.15) is 0 Å². The van der Waals surface area contributed by atoms with Crippen LogP contribution in [0.25, 0.3) is 6.08 Å². The van der Waals surface area contributed by atoms with Crippen molar-refractivity contribution in [2.75, 3.05) is 0 Å². The van der Waals surface area contributed by atoms with E-state index in [-0.39, 0.29) is 39.7 Å². The Hall–Kier alpha value is -4.84. The van der Waals surface area contributed by atoms with Gasteiger partial charge in [0.05, 0.1) is 26.9 Å². The SMILES string of the molecule is O=C(Oc1cccc(/C=C2\SC(=O)N(Cc3ccccc3[N+](=O)[O-])C2=O)c1)c1ccc([N+](=O)[O-])cc1. The molecule has 1 saturated heterocycles. The van der Waals surface area contributed by atoms with Gasteiger partial charge in [0.1, 0.15) is 5.75 Å². The predicted octanol–water partition coefficient (Wildman–Crippen LogP) is 4.96. The number of esters is 1. The standard InChI is InChI=1S/C24H15N3O8S/c28-22-21(36-24(30)25(22)14-17-5-1-2-7-20(17)27(33)34)13-15-4-3-6-19(12-15)35-23(29)16-8-10-18(11-9-16)26(31)32/h1-13H,14H2/b21-13-. The summed E-state index contributed by atoms with van der Waals surface area (Å²) in [5.41, 5.74) is 0.459. The van der Waals surface area contributed by atoms with Crippen molar-refractivity contribution in [3.05, 3.63) is 115 Å². The van der Waals surface area contributed by atoms with E-state index in [0.717, 1.165) is 4.90 Å². The van der Waals surface area contributed by atoms with Crippen LogP contribution >= 0.6 is 11.8 Å². The van der Waals surface area contributed by atoms with E-state index in [1.807, 2.05) is 0 Å². The second-order valence-corrected chi connectivity index (χ2v) is 8.41. The molecule has 12 heteroatoms. The van der Waals surface area contributed by atoms with E-state index in [1.165, 1.54) is 60.7 Å². The van der Waals surface area contributed by atoms with Gasteiger partial charge in [-0.25, -0.2) is 4.79 Å². The summed E-state index contributed by atoms with van der Waals surface area (Å²) in [5.74, 6) is -1.17. The highest BCUT2D eigenvalue weighted by Gasteiger charge is 2.36. The molecule has 0 spiro atoms. The molecule has 0 bridgehead atoms. The topological polar surface area (TPSA) is 150 Å². The van der Waals surface area contributed by atoms with Gasteiger partial charge in [-0.3, -0.25) is 34.7 Å². The zero-order valence-corrected chi connectivity index (χ0v) is 19.0. The van der Waals surface area contributed by atoms with E-state index in [1.54, 1.807) is 18.2 Å². The highest BCUT2D eigenvalue weighted by molar-refractivity contribution is 8.18. The maximum atomic E-state index is 12.8. The van der Waals surface area contributed by atoms with Crippen molar-refractivity contribution in [3.8, 4) is 5.75 Å². The van der Waals surface area contributed by atoms with Crippen LogP contribution in [-0.2, 0) is 11.3 Å². The Bertz CT molecular complexity index is 1440. The monoisotopic (exact) mass is 505 g/mol. The summed E-state index contributed by atoms with van der Waals surface area (Å²) in [6, 6.07) is 17.0. The van der Waals surface area contributed by atoms with Crippen LogP contribution < -0.4 is 4.74 Å². The van der Waals surface area contributed by atoms with Crippen LogP contribution in [0.2, 0.25) is 0 Å². The smallest absolute Gasteiger partial charge is 0.343 e. The lowest BCUT2D eigenvalue weighted by molar-refractivity contribution is -0.385. The fourth-order valence-electron chi connectivity index (χ4n) is 3.33. The lowest BCUT2D eigenvalue weighted by Crippen LogP contribution is -2.27. The van der Waals surface area contributed by atoms with Gasteiger partial charge in [-0.05, 0) is 47.7 Å². The zero-order valence-electron chi connectivity index (χ0n) is 18.2. The molecule has 3 aromatic carbocycles. The molecule has 0 aromatic heterocycles. The lowest BCUT2D eigenvalue weighted by atomic mass is 10.1. The fraction of sp³-hybridized carbons (Fsp3) is 0.0417. The minimum absolute atomic E-state index is 0.109. The summed E-state index contributed by atoms with van der Waals surface area (Å²) in [6.45, 7) is -0.244. The van der Waals surface area contributed by atoms with Crippen molar-refractivity contribution in [1.29, 1.82) is 0 Å². The number of nitro groups is 2. The highest BCUT2D eigenvalue weighted by atomic mass is 32.2. The molecule has 1 aliphatic rings. The first-order valence-electron chi connectivity index (χ1n) is 10.3. The van der Waals surface area contributed by atoms with E-state index in [0.29, 0.717) is 17.3 Å². The molecule has 0 unspecified atom stereocenters. The Morgan fingerprint density at radius 2 is 1.67 bits per heavy atom. The van der Waals surface area contributed by atoms with E-state index >= 15 is 0 Å². The molecular weight excluding hydrogens is 490 g/mol. The molecule has 1 aliphatic heterocycles. The Kier molecular flexibility index (Phi) is 6.88. The van der Waals surface area contributed by atoms with Crippen molar-refractivity contribution < 1.29 is 29.0 Å². The second-order valence-electron chi connectivity index (χ2n) is 7.42. The van der Waals surface area contributed by atoms with Gasteiger partial charge < -0.3 is 4.74 Å². The van der Waals surface area contributed by atoms with Crippen molar-refractivity contribution in [2.45, 2.75) is 6.54 Å². The Morgan fingerprint density at radius 1 is 0.944 bits per heavy atom. The Balaban J connectivity index is 1.49. The van der Waals surface area contributed by atoms with Crippen molar-refractivity contribution >= 4 is 46.3 Å². The molecule has 180 valence electrons. The first-order chi connectivity index (χ1) is 17.2. The van der Waals surface area contributed by atoms with Gasteiger partial charge in [0.15, 0.2) is 0 Å². The number of ether oxygens (including phenoxy) is 1. The maximum Gasteiger partial charge on any atom is 0.343 e. The van der Waals surface area contributed by atoms with Gasteiger partial charge in [-0.1, -0.05) is 30.3 Å². The Morgan fingerprint density at radius 3 is 2.36 bits per heavy atom. The number of thioether (sulfide) groups is 1. The first-order valence-corrected chi connectivity index (χ1v) is 11.1. The number of benzene rings is 3. The minimum Gasteiger partial charge on any atom is -0.423 e. The van der Waals surface area contributed by atoms with E-state index in [2.05, 4.69) is 0 Å². The quantitative estimate of drug-likeness (QED) is 0.143. The summed E-state index contributed by atoms with van der Waals surface area (Å²) < 4.78 is 5.32. The van der Waals surface area contributed by atoms with Crippen LogP contribution in [0.3, 0.4) is 0 Å². The largest absolute Gasteiger partial charge is 0.423 e. The molecular formula is C24H15N3O8S. The fourth-order valence-corrected chi connectivity index (χ4v) is 4.17. The van der Waals surface area contributed by atoms with Gasteiger partial charge in [0.25, 0.3) is 22.5 Å².